The zero-order chi connectivity index (χ0) is 28.0. The van der Waals surface area contributed by atoms with Gasteiger partial charge in [-0.15, -0.1) is 0 Å². The van der Waals surface area contributed by atoms with Crippen LogP contribution < -0.4 is 24.0 Å². The number of sulfonamides is 1. The number of nitrogens with one attached hydrogen (secondary N) is 1. The van der Waals surface area contributed by atoms with Crippen molar-refractivity contribution < 1.29 is 27.4 Å². The van der Waals surface area contributed by atoms with Gasteiger partial charge in [-0.25, -0.2) is 8.42 Å². The van der Waals surface area contributed by atoms with Gasteiger partial charge in [-0.1, -0.05) is 18.2 Å². The predicted molar refractivity (Wildman–Crippen MR) is 151 cm³/mol. The molecule has 0 bridgehead atoms. The van der Waals surface area contributed by atoms with Gasteiger partial charge in [-0.2, -0.15) is 0 Å². The minimum Gasteiger partial charge on any atom is -0.493 e. The first kappa shape index (κ1) is 28.3. The van der Waals surface area contributed by atoms with Crippen molar-refractivity contribution >= 4 is 27.3 Å². The summed E-state index contributed by atoms with van der Waals surface area (Å²) in [6, 6.07) is 17.8. The molecule has 0 unspecified atom stereocenters. The summed E-state index contributed by atoms with van der Waals surface area (Å²) in [5.74, 6) is 0.270. The van der Waals surface area contributed by atoms with Crippen molar-refractivity contribution in [1.82, 2.24) is 5.32 Å². The largest absolute Gasteiger partial charge is 0.493 e. The zero-order valence-corrected chi connectivity index (χ0v) is 23.6. The van der Waals surface area contributed by atoms with Crippen molar-refractivity contribution in [2.45, 2.75) is 25.3 Å². The SMILES string of the molecule is COc1ccc(S(=O)(=O)N(CC(=O)NCc2ccc(N3CCOCC3)cc2)c2cc(C)cc(C)c2)cc1OC. The molecule has 0 spiro atoms. The average molecular weight is 554 g/mol. The number of ether oxygens (including phenoxy) is 3. The fourth-order valence-electron chi connectivity index (χ4n) is 4.55. The number of carbonyl (C=O) groups excluding carboxylic acids is 1. The molecule has 10 heteroatoms. The standard InChI is InChI=1S/C29H35N3O6S/c1-21-15-22(2)17-25(16-21)32(39(34,35)26-9-10-27(36-3)28(18-26)37-4)20-29(33)30-19-23-5-7-24(8-6-23)31-11-13-38-14-12-31/h5-10,15-18H,11-14,19-20H2,1-4H3,(H,30,33). The molecule has 1 aliphatic heterocycles. The van der Waals surface area contributed by atoms with Crippen molar-refractivity contribution in [3.8, 4) is 11.5 Å². The quantitative estimate of drug-likeness (QED) is 0.409. The number of carbonyl (C=O) groups is 1. The first-order chi connectivity index (χ1) is 18.7. The van der Waals surface area contributed by atoms with Gasteiger partial charge in [0.15, 0.2) is 11.5 Å². The van der Waals surface area contributed by atoms with E-state index in [1.807, 2.05) is 44.2 Å². The number of methoxy groups -OCH3 is 2. The third kappa shape index (κ3) is 6.82. The molecule has 0 radical (unpaired) electrons. The van der Waals surface area contributed by atoms with Crippen LogP contribution in [0.15, 0.2) is 65.6 Å². The third-order valence-corrected chi connectivity index (χ3v) is 8.30. The zero-order valence-electron chi connectivity index (χ0n) is 22.8. The van der Waals surface area contributed by atoms with E-state index < -0.39 is 15.9 Å². The third-order valence-electron chi connectivity index (χ3n) is 6.53. The Bertz CT molecular complexity index is 1380. The molecule has 0 aromatic heterocycles. The van der Waals surface area contributed by atoms with Crippen LogP contribution in [0.1, 0.15) is 16.7 Å². The Kier molecular flexibility index (Phi) is 8.98. The van der Waals surface area contributed by atoms with Gasteiger partial charge in [0.05, 0.1) is 38.0 Å². The van der Waals surface area contributed by atoms with Crippen LogP contribution >= 0.6 is 0 Å². The summed E-state index contributed by atoms with van der Waals surface area (Å²) >= 11 is 0. The molecule has 0 saturated carbocycles. The second kappa shape index (κ2) is 12.4. The molecule has 1 fully saturated rings. The lowest BCUT2D eigenvalue weighted by Gasteiger charge is -2.29. The monoisotopic (exact) mass is 553 g/mol. The van der Waals surface area contributed by atoms with Gasteiger partial charge in [0.25, 0.3) is 10.0 Å². The van der Waals surface area contributed by atoms with Gasteiger partial charge in [-0.05, 0) is 66.9 Å². The van der Waals surface area contributed by atoms with Gasteiger partial charge < -0.3 is 24.4 Å². The summed E-state index contributed by atoms with van der Waals surface area (Å²) in [7, 11) is -1.20. The highest BCUT2D eigenvalue weighted by Gasteiger charge is 2.28. The van der Waals surface area contributed by atoms with E-state index in [9.17, 15) is 13.2 Å². The van der Waals surface area contributed by atoms with Gasteiger partial charge in [0.1, 0.15) is 6.54 Å². The number of rotatable bonds is 10. The summed E-state index contributed by atoms with van der Waals surface area (Å²) in [6.45, 7) is 6.78. The normalized spacial score (nSPS) is 13.6. The Hall–Kier alpha value is -3.76. The molecule has 39 heavy (non-hydrogen) atoms. The van der Waals surface area contributed by atoms with Gasteiger partial charge in [0, 0.05) is 31.4 Å². The summed E-state index contributed by atoms with van der Waals surface area (Å²) in [5, 5.41) is 2.87. The van der Waals surface area contributed by atoms with Crippen molar-refractivity contribution in [1.29, 1.82) is 0 Å². The maximum atomic E-state index is 13.9. The predicted octanol–water partition coefficient (Wildman–Crippen LogP) is 3.67. The lowest BCUT2D eigenvalue weighted by molar-refractivity contribution is -0.119. The molecule has 3 aromatic carbocycles. The molecule has 3 aromatic rings. The van der Waals surface area contributed by atoms with Crippen LogP contribution in [0.5, 0.6) is 11.5 Å². The molecule has 1 amide bonds. The Balaban J connectivity index is 1.54. The Morgan fingerprint density at radius 3 is 2.18 bits per heavy atom. The van der Waals surface area contributed by atoms with Crippen LogP contribution in [0.4, 0.5) is 11.4 Å². The van der Waals surface area contributed by atoms with Crippen molar-refractivity contribution in [2.75, 3.05) is 56.3 Å². The maximum Gasteiger partial charge on any atom is 0.264 e. The smallest absolute Gasteiger partial charge is 0.264 e. The molecular formula is C29H35N3O6S. The van der Waals surface area contributed by atoms with Crippen LogP contribution in [-0.2, 0) is 26.1 Å². The molecule has 9 nitrogen and oxygen atoms in total. The molecule has 1 aliphatic rings. The van der Waals surface area contributed by atoms with Crippen molar-refractivity contribution in [2.24, 2.45) is 0 Å². The average Bonchev–Trinajstić information content (AvgIpc) is 2.94. The van der Waals surface area contributed by atoms with E-state index in [0.29, 0.717) is 24.7 Å². The summed E-state index contributed by atoms with van der Waals surface area (Å²) < 4.78 is 44.8. The minimum absolute atomic E-state index is 0.00851. The molecule has 208 valence electrons. The molecule has 0 atom stereocenters. The van der Waals surface area contributed by atoms with E-state index >= 15 is 0 Å². The number of nitrogens with zero attached hydrogens (tertiary/aromatic N) is 2. The number of anilines is 2. The second-order valence-corrected chi connectivity index (χ2v) is 11.3. The van der Waals surface area contributed by atoms with E-state index in [2.05, 4.69) is 10.2 Å². The molecule has 1 heterocycles. The Morgan fingerprint density at radius 1 is 0.923 bits per heavy atom. The van der Waals surface area contributed by atoms with E-state index in [1.54, 1.807) is 12.1 Å². The van der Waals surface area contributed by atoms with E-state index in [4.69, 9.17) is 14.2 Å². The van der Waals surface area contributed by atoms with Gasteiger partial charge in [-0.3, -0.25) is 9.10 Å². The maximum absolute atomic E-state index is 13.9. The number of hydrogen-bond donors (Lipinski definition) is 1. The highest BCUT2D eigenvalue weighted by molar-refractivity contribution is 7.92. The van der Waals surface area contributed by atoms with Crippen molar-refractivity contribution in [3.63, 3.8) is 0 Å². The summed E-state index contributed by atoms with van der Waals surface area (Å²) in [6.07, 6.45) is 0. The van der Waals surface area contributed by atoms with Crippen LogP contribution in [-0.4, -0.2) is 61.4 Å². The van der Waals surface area contributed by atoms with Crippen LogP contribution in [0.25, 0.3) is 0 Å². The fraction of sp³-hybridized carbons (Fsp3) is 0.345. The number of hydrogen-bond acceptors (Lipinski definition) is 7. The summed E-state index contributed by atoms with van der Waals surface area (Å²) in [4.78, 5) is 15.3. The van der Waals surface area contributed by atoms with Gasteiger partial charge in [0.2, 0.25) is 5.91 Å². The topological polar surface area (TPSA) is 97.4 Å². The number of morpholine rings is 1. The van der Waals surface area contributed by atoms with E-state index in [1.165, 1.54) is 32.4 Å². The van der Waals surface area contributed by atoms with Crippen LogP contribution in [0.2, 0.25) is 0 Å². The minimum atomic E-state index is -4.12. The fourth-order valence-corrected chi connectivity index (χ4v) is 5.97. The lowest BCUT2D eigenvalue weighted by Crippen LogP contribution is -2.40. The van der Waals surface area contributed by atoms with E-state index in [0.717, 1.165) is 39.8 Å². The molecule has 0 aliphatic carbocycles. The van der Waals surface area contributed by atoms with E-state index in [-0.39, 0.29) is 23.7 Å². The second-order valence-electron chi connectivity index (χ2n) is 9.42. The first-order valence-corrected chi connectivity index (χ1v) is 14.2. The van der Waals surface area contributed by atoms with Crippen LogP contribution in [0.3, 0.4) is 0 Å². The molecule has 4 rings (SSSR count). The first-order valence-electron chi connectivity index (χ1n) is 12.7. The van der Waals surface area contributed by atoms with Crippen molar-refractivity contribution in [3.05, 3.63) is 77.4 Å². The summed E-state index contributed by atoms with van der Waals surface area (Å²) in [5.41, 5.74) is 4.21. The number of benzene rings is 3. The molecule has 1 saturated heterocycles. The van der Waals surface area contributed by atoms with Crippen LogP contribution in [0, 0.1) is 13.8 Å². The molecular weight excluding hydrogens is 518 g/mol. The number of amides is 1. The number of aryl methyl sites for hydroxylation is 2. The van der Waals surface area contributed by atoms with Gasteiger partial charge >= 0.3 is 0 Å². The lowest BCUT2D eigenvalue weighted by atomic mass is 10.1. The molecule has 1 N–H and O–H groups in total. The Labute approximate surface area is 230 Å². The highest BCUT2D eigenvalue weighted by Crippen LogP contribution is 2.32. The highest BCUT2D eigenvalue weighted by atomic mass is 32.2. The Morgan fingerprint density at radius 2 is 1.56 bits per heavy atom.